The molecule has 1 aromatic heterocycles. The first-order chi connectivity index (χ1) is 16.4. The summed E-state index contributed by atoms with van der Waals surface area (Å²) < 4.78 is 11.2. The molecule has 0 atom stereocenters. The third kappa shape index (κ3) is 5.98. The molecule has 1 saturated carbocycles. The number of amides is 2. The number of halogens is 2. The van der Waals surface area contributed by atoms with Crippen LogP contribution in [0.3, 0.4) is 0 Å². The Labute approximate surface area is 207 Å². The van der Waals surface area contributed by atoms with Crippen LogP contribution in [0.1, 0.15) is 48.1 Å². The van der Waals surface area contributed by atoms with Crippen molar-refractivity contribution >= 4 is 46.4 Å². The number of anilines is 1. The average Bonchev–Trinajstić information content (AvgIpc) is 3.25. The topological polar surface area (TPSA) is 92.9 Å². The van der Waals surface area contributed by atoms with Gasteiger partial charge in [0, 0.05) is 16.6 Å². The number of nitrogens with one attached hydrogen (secondary N) is 2. The maximum atomic E-state index is 12.4. The lowest BCUT2D eigenvalue weighted by atomic mass is 9.85. The van der Waals surface area contributed by atoms with Crippen LogP contribution < -0.4 is 15.5 Å². The summed E-state index contributed by atoms with van der Waals surface area (Å²) in [4.78, 5) is 24.5. The number of hydrogen-bond acceptors (Lipinski definition) is 5. The van der Waals surface area contributed by atoms with Crippen molar-refractivity contribution in [2.45, 2.75) is 32.8 Å². The van der Waals surface area contributed by atoms with E-state index in [0.717, 1.165) is 30.5 Å². The van der Waals surface area contributed by atoms with Gasteiger partial charge in [0.05, 0.1) is 10.7 Å². The van der Waals surface area contributed by atoms with Crippen LogP contribution in [0.15, 0.2) is 64.1 Å². The number of rotatable bonds is 8. The molecule has 2 amide bonds. The highest BCUT2D eigenvalue weighted by atomic mass is 35.5. The fourth-order valence-electron chi connectivity index (χ4n) is 3.28. The van der Waals surface area contributed by atoms with Crippen LogP contribution in [-0.2, 0) is 11.4 Å². The SMILES string of the molecule is CC(=NNC(=O)c1ccc(COc2ccc(Cl)cc2Cl)o1)c1ccc(NC(=O)C2CCC2)cc1. The lowest BCUT2D eigenvalue weighted by Crippen LogP contribution is -2.28. The summed E-state index contributed by atoms with van der Waals surface area (Å²) in [5.74, 6) is 0.725. The Morgan fingerprint density at radius 2 is 1.85 bits per heavy atom. The van der Waals surface area contributed by atoms with E-state index in [-0.39, 0.29) is 24.2 Å². The second-order valence-electron chi connectivity index (χ2n) is 7.96. The van der Waals surface area contributed by atoms with Gasteiger partial charge in [-0.1, -0.05) is 41.8 Å². The number of hydrazone groups is 1. The third-order valence-corrected chi connectivity index (χ3v) is 6.05. The van der Waals surface area contributed by atoms with Crippen LogP contribution in [-0.4, -0.2) is 17.5 Å². The van der Waals surface area contributed by atoms with E-state index in [0.29, 0.717) is 27.3 Å². The number of nitrogens with zero attached hydrogens (tertiary/aromatic N) is 1. The van der Waals surface area contributed by atoms with Gasteiger partial charge in [-0.15, -0.1) is 0 Å². The van der Waals surface area contributed by atoms with Gasteiger partial charge in [-0.3, -0.25) is 9.59 Å². The number of hydrogen-bond donors (Lipinski definition) is 2. The third-order valence-electron chi connectivity index (χ3n) is 5.52. The number of carbonyl (C=O) groups excluding carboxylic acids is 2. The van der Waals surface area contributed by atoms with Crippen molar-refractivity contribution < 1.29 is 18.7 Å². The number of benzene rings is 2. The van der Waals surface area contributed by atoms with Crippen LogP contribution >= 0.6 is 23.2 Å². The van der Waals surface area contributed by atoms with Gasteiger partial charge in [0.15, 0.2) is 5.76 Å². The normalized spacial score (nSPS) is 13.8. The van der Waals surface area contributed by atoms with Crippen molar-refractivity contribution in [2.24, 2.45) is 11.0 Å². The van der Waals surface area contributed by atoms with Crippen molar-refractivity contribution in [1.29, 1.82) is 0 Å². The zero-order valence-corrected chi connectivity index (χ0v) is 19.9. The van der Waals surface area contributed by atoms with E-state index in [2.05, 4.69) is 15.8 Å². The van der Waals surface area contributed by atoms with Gasteiger partial charge < -0.3 is 14.5 Å². The van der Waals surface area contributed by atoms with Crippen molar-refractivity contribution in [3.63, 3.8) is 0 Å². The molecule has 0 unspecified atom stereocenters. The smallest absolute Gasteiger partial charge is 0.307 e. The van der Waals surface area contributed by atoms with Crippen LogP contribution in [0, 0.1) is 5.92 Å². The molecule has 1 fully saturated rings. The standard InChI is InChI=1S/C25H23Cl2N3O4/c1-15(16-5-8-19(9-6-16)28-24(31)17-3-2-4-17)29-30-25(32)23-12-10-20(34-23)14-33-22-11-7-18(26)13-21(22)27/h5-13,17H,2-4,14H2,1H3,(H,28,31)(H,30,32). The van der Waals surface area contributed by atoms with Crippen molar-refractivity contribution in [3.05, 3.63) is 81.7 Å². The van der Waals surface area contributed by atoms with Crippen molar-refractivity contribution in [1.82, 2.24) is 5.43 Å². The monoisotopic (exact) mass is 499 g/mol. The molecule has 0 bridgehead atoms. The molecule has 1 aliphatic carbocycles. The van der Waals surface area contributed by atoms with Gasteiger partial charge in [0.1, 0.15) is 18.1 Å². The van der Waals surface area contributed by atoms with Crippen molar-refractivity contribution in [2.75, 3.05) is 5.32 Å². The molecule has 0 spiro atoms. The van der Waals surface area contributed by atoms with Crippen LogP contribution in [0.4, 0.5) is 5.69 Å². The van der Waals surface area contributed by atoms with Gasteiger partial charge in [-0.25, -0.2) is 5.43 Å². The summed E-state index contributed by atoms with van der Waals surface area (Å²) in [6.45, 7) is 1.88. The predicted molar refractivity (Wildman–Crippen MR) is 132 cm³/mol. The first-order valence-electron chi connectivity index (χ1n) is 10.8. The quantitative estimate of drug-likeness (QED) is 0.291. The maximum Gasteiger partial charge on any atom is 0.307 e. The molecule has 0 saturated heterocycles. The molecule has 9 heteroatoms. The number of furan rings is 1. The lowest BCUT2D eigenvalue weighted by Gasteiger charge is -2.24. The Bertz CT molecular complexity index is 1220. The summed E-state index contributed by atoms with van der Waals surface area (Å²) in [6.07, 6.45) is 3.02. The minimum Gasteiger partial charge on any atom is -0.484 e. The first kappa shape index (κ1) is 23.9. The first-order valence-corrected chi connectivity index (χ1v) is 11.6. The molecule has 0 radical (unpaired) electrons. The molecule has 0 aliphatic heterocycles. The fraction of sp³-hybridized carbons (Fsp3) is 0.240. The molecule has 7 nitrogen and oxygen atoms in total. The highest BCUT2D eigenvalue weighted by molar-refractivity contribution is 6.35. The molecule has 176 valence electrons. The Balaban J connectivity index is 1.29. The van der Waals surface area contributed by atoms with E-state index in [9.17, 15) is 9.59 Å². The molecule has 1 aliphatic rings. The summed E-state index contributed by atoms with van der Waals surface area (Å²) in [5, 5.41) is 7.96. The zero-order chi connectivity index (χ0) is 24.1. The van der Waals surface area contributed by atoms with E-state index in [1.165, 1.54) is 0 Å². The molecular weight excluding hydrogens is 477 g/mol. The Kier molecular flexibility index (Phi) is 7.55. The van der Waals surface area contributed by atoms with E-state index < -0.39 is 5.91 Å². The molecule has 2 aromatic carbocycles. The summed E-state index contributed by atoms with van der Waals surface area (Å²) >= 11 is 12.0. The highest BCUT2D eigenvalue weighted by Gasteiger charge is 2.25. The number of carbonyl (C=O) groups is 2. The fourth-order valence-corrected chi connectivity index (χ4v) is 3.75. The molecule has 3 aromatic rings. The van der Waals surface area contributed by atoms with Gasteiger partial charge in [0.2, 0.25) is 5.91 Å². The van der Waals surface area contributed by atoms with E-state index >= 15 is 0 Å². The van der Waals surface area contributed by atoms with Gasteiger partial charge in [-0.05, 0) is 67.8 Å². The molecule has 2 N–H and O–H groups in total. The largest absolute Gasteiger partial charge is 0.484 e. The second kappa shape index (κ2) is 10.8. The zero-order valence-electron chi connectivity index (χ0n) is 18.4. The Morgan fingerprint density at radius 3 is 2.53 bits per heavy atom. The minimum absolute atomic E-state index is 0.0659. The van der Waals surface area contributed by atoms with E-state index in [1.807, 2.05) is 24.3 Å². The highest BCUT2D eigenvalue weighted by Crippen LogP contribution is 2.29. The predicted octanol–water partition coefficient (Wildman–Crippen LogP) is 6.06. The maximum absolute atomic E-state index is 12.4. The molecule has 1 heterocycles. The molecular formula is C25H23Cl2N3O4. The van der Waals surface area contributed by atoms with E-state index in [4.69, 9.17) is 32.4 Å². The minimum atomic E-state index is -0.487. The van der Waals surface area contributed by atoms with Crippen LogP contribution in [0.5, 0.6) is 5.75 Å². The number of ether oxygens (including phenoxy) is 1. The summed E-state index contributed by atoms with van der Waals surface area (Å²) in [5.41, 5.74) is 4.65. The van der Waals surface area contributed by atoms with Gasteiger partial charge in [-0.2, -0.15) is 5.10 Å². The summed E-state index contributed by atoms with van der Waals surface area (Å²) in [6, 6.07) is 15.4. The van der Waals surface area contributed by atoms with Crippen LogP contribution in [0.2, 0.25) is 10.0 Å². The summed E-state index contributed by atoms with van der Waals surface area (Å²) in [7, 11) is 0. The van der Waals surface area contributed by atoms with Crippen LogP contribution in [0.25, 0.3) is 0 Å². The molecule has 34 heavy (non-hydrogen) atoms. The van der Waals surface area contributed by atoms with Gasteiger partial charge in [0.25, 0.3) is 0 Å². The second-order valence-corrected chi connectivity index (χ2v) is 8.81. The Morgan fingerprint density at radius 1 is 1.09 bits per heavy atom. The lowest BCUT2D eigenvalue weighted by molar-refractivity contribution is -0.122. The van der Waals surface area contributed by atoms with E-state index in [1.54, 1.807) is 37.3 Å². The Hall–Kier alpha value is -3.29. The van der Waals surface area contributed by atoms with Crippen molar-refractivity contribution in [3.8, 4) is 5.75 Å². The average molecular weight is 500 g/mol. The molecule has 4 rings (SSSR count). The van der Waals surface area contributed by atoms with Gasteiger partial charge >= 0.3 is 5.91 Å².